The zero-order valence-corrected chi connectivity index (χ0v) is 13.0. The molecule has 0 bridgehead atoms. The van der Waals surface area contributed by atoms with Crippen molar-refractivity contribution in [1.82, 2.24) is 4.98 Å². The molecule has 3 heteroatoms. The molecule has 1 heterocycles. The number of ether oxygens (including phenoxy) is 1. The van der Waals surface area contributed by atoms with Gasteiger partial charge in [-0.2, -0.15) is 5.26 Å². The predicted octanol–water partition coefficient (Wildman–Crippen LogP) is 4.84. The third-order valence-electron chi connectivity index (χ3n) is 3.26. The molecular weight excluding hydrogens is 272 g/mol. The minimum Gasteiger partial charge on any atom is -0.489 e. The molecule has 0 saturated heterocycles. The van der Waals surface area contributed by atoms with Crippen LogP contribution in [0, 0.1) is 11.3 Å². The molecule has 3 nitrogen and oxygen atoms in total. The topological polar surface area (TPSA) is 48.8 Å². The van der Waals surface area contributed by atoms with Crippen LogP contribution in [0.4, 0.5) is 0 Å². The number of nitriles is 1. The van der Waals surface area contributed by atoms with Crippen LogP contribution in [-0.4, -0.2) is 4.98 Å². The Balaban J connectivity index is 0.000000847. The van der Waals surface area contributed by atoms with Crippen LogP contribution in [-0.2, 0) is 13.0 Å². The number of aromatic nitrogens is 1. The Morgan fingerprint density at radius 3 is 2.59 bits per heavy atom. The van der Waals surface area contributed by atoms with Gasteiger partial charge in [-0.05, 0) is 23.3 Å². The monoisotopic (exact) mass is 292 g/mol. The van der Waals surface area contributed by atoms with E-state index in [4.69, 9.17) is 10.00 Å². The molecule has 3 aromatic rings. The van der Waals surface area contributed by atoms with Gasteiger partial charge in [-0.15, -0.1) is 0 Å². The number of H-pyrrole nitrogens is 1. The second-order valence-electron chi connectivity index (χ2n) is 4.63. The van der Waals surface area contributed by atoms with Gasteiger partial charge in [0.1, 0.15) is 12.4 Å². The number of fused-ring (bicyclic) bond motifs is 1. The van der Waals surface area contributed by atoms with E-state index in [9.17, 15) is 0 Å². The highest BCUT2D eigenvalue weighted by Crippen LogP contribution is 2.24. The highest BCUT2D eigenvalue weighted by atomic mass is 16.5. The molecule has 112 valence electrons. The Morgan fingerprint density at radius 2 is 1.86 bits per heavy atom. The minimum atomic E-state index is 0.421. The van der Waals surface area contributed by atoms with Gasteiger partial charge in [-0.1, -0.05) is 44.2 Å². The predicted molar refractivity (Wildman–Crippen MR) is 89.7 cm³/mol. The van der Waals surface area contributed by atoms with Crippen molar-refractivity contribution < 1.29 is 4.74 Å². The lowest BCUT2D eigenvalue weighted by Gasteiger charge is -2.06. The summed E-state index contributed by atoms with van der Waals surface area (Å²) in [6, 6.07) is 18.2. The van der Waals surface area contributed by atoms with E-state index in [-0.39, 0.29) is 0 Å². The average molecular weight is 292 g/mol. The summed E-state index contributed by atoms with van der Waals surface area (Å²) in [5, 5.41) is 9.86. The number of hydrogen-bond acceptors (Lipinski definition) is 2. The van der Waals surface area contributed by atoms with Gasteiger partial charge in [0.05, 0.1) is 12.5 Å². The first-order chi connectivity index (χ1) is 10.9. The largest absolute Gasteiger partial charge is 0.489 e. The molecule has 0 aliphatic heterocycles. The van der Waals surface area contributed by atoms with Crippen molar-refractivity contribution in [2.24, 2.45) is 0 Å². The number of hydrogen-bond donors (Lipinski definition) is 1. The zero-order chi connectivity index (χ0) is 15.8. The maximum atomic E-state index is 8.77. The second kappa shape index (κ2) is 7.90. The van der Waals surface area contributed by atoms with Crippen LogP contribution in [0.3, 0.4) is 0 Å². The van der Waals surface area contributed by atoms with Crippen LogP contribution >= 0.6 is 0 Å². The van der Waals surface area contributed by atoms with Crippen molar-refractivity contribution >= 4 is 10.9 Å². The molecule has 0 saturated carbocycles. The quantitative estimate of drug-likeness (QED) is 0.748. The van der Waals surface area contributed by atoms with Crippen LogP contribution in [0.2, 0.25) is 0 Å². The molecule has 0 aliphatic rings. The molecule has 22 heavy (non-hydrogen) atoms. The summed E-state index contributed by atoms with van der Waals surface area (Å²) in [5.74, 6) is 0.826. The lowest BCUT2D eigenvalue weighted by Crippen LogP contribution is -1.94. The summed E-state index contributed by atoms with van der Waals surface area (Å²) < 4.78 is 5.78. The third-order valence-corrected chi connectivity index (χ3v) is 3.26. The van der Waals surface area contributed by atoms with Gasteiger partial charge in [0.15, 0.2) is 0 Å². The summed E-state index contributed by atoms with van der Waals surface area (Å²) in [6.45, 7) is 4.55. The first kappa shape index (κ1) is 15.7. The van der Waals surface area contributed by atoms with E-state index in [1.54, 1.807) is 0 Å². The van der Waals surface area contributed by atoms with Gasteiger partial charge in [0, 0.05) is 23.2 Å². The van der Waals surface area contributed by atoms with E-state index >= 15 is 0 Å². The normalized spacial score (nSPS) is 9.68. The summed E-state index contributed by atoms with van der Waals surface area (Å²) in [7, 11) is 0. The molecule has 1 N–H and O–H groups in total. The smallest absolute Gasteiger partial charge is 0.121 e. The number of nitrogens with one attached hydrogen (secondary N) is 1. The molecule has 0 amide bonds. The van der Waals surface area contributed by atoms with E-state index in [2.05, 4.69) is 11.1 Å². The SMILES string of the molecule is CC.N#CCc1c[nH]c2cc(OCc3ccccc3)ccc12. The van der Waals surface area contributed by atoms with Crippen molar-refractivity contribution in [2.75, 3.05) is 0 Å². The van der Waals surface area contributed by atoms with Gasteiger partial charge in [-0.3, -0.25) is 0 Å². The van der Waals surface area contributed by atoms with Crippen LogP contribution in [0.1, 0.15) is 25.0 Å². The Morgan fingerprint density at radius 1 is 1.09 bits per heavy atom. The summed E-state index contributed by atoms with van der Waals surface area (Å²) in [4.78, 5) is 3.18. The van der Waals surface area contributed by atoms with Crippen molar-refractivity contribution in [3.05, 3.63) is 65.9 Å². The Hall–Kier alpha value is -2.73. The van der Waals surface area contributed by atoms with E-state index in [1.165, 1.54) is 0 Å². The van der Waals surface area contributed by atoms with Gasteiger partial charge in [0.25, 0.3) is 0 Å². The van der Waals surface area contributed by atoms with E-state index in [1.807, 2.05) is 68.6 Å². The van der Waals surface area contributed by atoms with Gasteiger partial charge in [0.2, 0.25) is 0 Å². The second-order valence-corrected chi connectivity index (χ2v) is 4.63. The van der Waals surface area contributed by atoms with Crippen LogP contribution in [0.25, 0.3) is 10.9 Å². The number of nitrogens with zero attached hydrogens (tertiary/aromatic N) is 1. The lowest BCUT2D eigenvalue weighted by molar-refractivity contribution is 0.306. The third kappa shape index (κ3) is 3.67. The maximum Gasteiger partial charge on any atom is 0.121 e. The molecule has 0 atom stereocenters. The molecule has 0 aliphatic carbocycles. The van der Waals surface area contributed by atoms with Gasteiger partial charge >= 0.3 is 0 Å². The van der Waals surface area contributed by atoms with Crippen molar-refractivity contribution in [2.45, 2.75) is 26.9 Å². The lowest BCUT2D eigenvalue weighted by atomic mass is 10.1. The maximum absolute atomic E-state index is 8.77. The van der Waals surface area contributed by atoms with Crippen molar-refractivity contribution in [1.29, 1.82) is 5.26 Å². The fourth-order valence-electron chi connectivity index (χ4n) is 2.23. The van der Waals surface area contributed by atoms with E-state index in [0.29, 0.717) is 13.0 Å². The molecule has 2 aromatic carbocycles. The number of benzene rings is 2. The molecule has 0 unspecified atom stereocenters. The first-order valence-electron chi connectivity index (χ1n) is 7.50. The zero-order valence-electron chi connectivity index (χ0n) is 13.0. The molecule has 3 rings (SSSR count). The van der Waals surface area contributed by atoms with Gasteiger partial charge in [-0.25, -0.2) is 0 Å². The van der Waals surface area contributed by atoms with E-state index in [0.717, 1.165) is 27.8 Å². The Kier molecular flexibility index (Phi) is 5.62. The molecule has 0 radical (unpaired) electrons. The first-order valence-corrected chi connectivity index (χ1v) is 7.50. The Labute approximate surface area is 131 Å². The van der Waals surface area contributed by atoms with Crippen LogP contribution in [0.5, 0.6) is 5.75 Å². The highest BCUT2D eigenvalue weighted by Gasteiger charge is 2.04. The summed E-state index contributed by atoms with van der Waals surface area (Å²) in [6.07, 6.45) is 2.30. The fraction of sp³-hybridized carbons (Fsp3) is 0.211. The highest BCUT2D eigenvalue weighted by molar-refractivity contribution is 5.84. The summed E-state index contributed by atoms with van der Waals surface area (Å²) in [5.41, 5.74) is 3.17. The molecule has 0 spiro atoms. The fourth-order valence-corrected chi connectivity index (χ4v) is 2.23. The van der Waals surface area contributed by atoms with E-state index < -0.39 is 0 Å². The molecule has 1 aromatic heterocycles. The van der Waals surface area contributed by atoms with Crippen molar-refractivity contribution in [3.8, 4) is 11.8 Å². The Bertz CT molecular complexity index is 754. The standard InChI is InChI=1S/C17H14N2O.C2H6/c18-9-8-14-11-19-17-10-15(6-7-16(14)17)20-12-13-4-2-1-3-5-13;1-2/h1-7,10-11,19H,8,12H2;1-2H3. The average Bonchev–Trinajstić information content (AvgIpc) is 2.98. The van der Waals surface area contributed by atoms with Crippen molar-refractivity contribution in [3.63, 3.8) is 0 Å². The van der Waals surface area contributed by atoms with Crippen LogP contribution < -0.4 is 4.74 Å². The molecular formula is C19H20N2O. The van der Waals surface area contributed by atoms with Gasteiger partial charge < -0.3 is 9.72 Å². The summed E-state index contributed by atoms with van der Waals surface area (Å²) >= 11 is 0. The minimum absolute atomic E-state index is 0.421. The molecule has 0 fully saturated rings. The number of aromatic amines is 1. The number of rotatable bonds is 4. The van der Waals surface area contributed by atoms with Crippen LogP contribution in [0.15, 0.2) is 54.7 Å².